The summed E-state index contributed by atoms with van der Waals surface area (Å²) in [5.74, 6) is -0.317. The van der Waals surface area contributed by atoms with Crippen molar-refractivity contribution in [2.45, 2.75) is 17.7 Å². The summed E-state index contributed by atoms with van der Waals surface area (Å²) in [6.45, 7) is 1.66. The maximum absolute atomic E-state index is 13.2. The summed E-state index contributed by atoms with van der Waals surface area (Å²) in [6.07, 6.45) is 1.18. The summed E-state index contributed by atoms with van der Waals surface area (Å²) in [4.78, 5) is 26.6. The van der Waals surface area contributed by atoms with E-state index in [1.54, 1.807) is 29.2 Å². The molecule has 0 saturated carbocycles. The number of carbonyl (C=O) groups is 2. The third-order valence-electron chi connectivity index (χ3n) is 5.58. The third kappa shape index (κ3) is 4.84. The zero-order valence-electron chi connectivity index (χ0n) is 18.0. The molecule has 2 fully saturated rings. The molecule has 33 heavy (non-hydrogen) atoms. The Kier molecular flexibility index (Phi) is 6.89. The van der Waals surface area contributed by atoms with Crippen LogP contribution in [0, 0.1) is 0 Å². The summed E-state index contributed by atoms with van der Waals surface area (Å²) in [7, 11) is -2.45. The molecule has 176 valence electrons. The molecule has 11 heteroatoms. The molecule has 1 N–H and O–H groups in total. The van der Waals surface area contributed by atoms with Crippen LogP contribution in [0.2, 0.25) is 5.02 Å². The summed E-state index contributed by atoms with van der Waals surface area (Å²) >= 11 is 6.26. The Labute approximate surface area is 197 Å². The molecule has 0 unspecified atom stereocenters. The van der Waals surface area contributed by atoms with Gasteiger partial charge in [-0.2, -0.15) is 4.31 Å². The highest BCUT2D eigenvalue weighted by Gasteiger charge is 2.30. The molecule has 2 amide bonds. The number of morpholine rings is 1. The molecule has 2 saturated heterocycles. The fourth-order valence-electron chi connectivity index (χ4n) is 3.85. The maximum Gasteiger partial charge on any atom is 0.255 e. The van der Waals surface area contributed by atoms with Crippen LogP contribution >= 0.6 is 11.6 Å². The van der Waals surface area contributed by atoms with Crippen molar-refractivity contribution in [1.82, 2.24) is 4.31 Å². The first-order chi connectivity index (χ1) is 15.8. The second-order valence-corrected chi connectivity index (χ2v) is 9.96. The van der Waals surface area contributed by atoms with E-state index in [4.69, 9.17) is 21.1 Å². The van der Waals surface area contributed by atoms with Crippen molar-refractivity contribution in [3.63, 3.8) is 0 Å². The van der Waals surface area contributed by atoms with E-state index in [9.17, 15) is 18.0 Å². The highest BCUT2D eigenvalue weighted by molar-refractivity contribution is 7.89. The van der Waals surface area contributed by atoms with E-state index < -0.39 is 15.9 Å². The van der Waals surface area contributed by atoms with Crippen LogP contribution in [0.15, 0.2) is 41.3 Å². The Hall–Kier alpha value is -2.66. The Bertz CT molecular complexity index is 1180. The smallest absolute Gasteiger partial charge is 0.255 e. The van der Waals surface area contributed by atoms with Crippen LogP contribution in [-0.4, -0.2) is 64.5 Å². The number of anilines is 2. The Balaban J connectivity index is 1.60. The summed E-state index contributed by atoms with van der Waals surface area (Å²) in [5.41, 5.74) is 1.07. The molecule has 0 spiro atoms. The van der Waals surface area contributed by atoms with E-state index in [2.05, 4.69) is 5.32 Å². The minimum absolute atomic E-state index is 0.0378. The van der Waals surface area contributed by atoms with E-state index in [1.165, 1.54) is 23.5 Å². The lowest BCUT2D eigenvalue weighted by molar-refractivity contribution is -0.117. The molecule has 0 aliphatic carbocycles. The van der Waals surface area contributed by atoms with E-state index in [0.29, 0.717) is 48.1 Å². The van der Waals surface area contributed by atoms with Gasteiger partial charge < -0.3 is 19.7 Å². The van der Waals surface area contributed by atoms with Crippen LogP contribution in [-0.2, 0) is 19.6 Å². The van der Waals surface area contributed by atoms with Gasteiger partial charge in [-0.05, 0) is 42.8 Å². The van der Waals surface area contributed by atoms with E-state index in [0.717, 1.165) is 6.42 Å². The van der Waals surface area contributed by atoms with Crippen molar-refractivity contribution in [2.24, 2.45) is 0 Å². The van der Waals surface area contributed by atoms with Crippen LogP contribution in [0.3, 0.4) is 0 Å². The molecule has 0 atom stereocenters. The van der Waals surface area contributed by atoms with Gasteiger partial charge in [0.1, 0.15) is 10.6 Å². The van der Waals surface area contributed by atoms with Crippen LogP contribution in [0.5, 0.6) is 5.75 Å². The third-order valence-corrected chi connectivity index (χ3v) is 7.82. The van der Waals surface area contributed by atoms with Crippen LogP contribution in [0.25, 0.3) is 0 Å². The SMILES string of the molecule is COc1ccc(NC(=O)c2ccc(Cl)c(N3CCCC3=O)c2)cc1S(=O)(=O)N1CCOCC1. The largest absolute Gasteiger partial charge is 0.495 e. The molecule has 2 heterocycles. The molecule has 9 nitrogen and oxygen atoms in total. The van der Waals surface area contributed by atoms with Crippen LogP contribution in [0.1, 0.15) is 23.2 Å². The minimum atomic E-state index is -3.84. The van der Waals surface area contributed by atoms with Crippen molar-refractivity contribution in [3.8, 4) is 5.75 Å². The molecule has 2 aromatic carbocycles. The fraction of sp³-hybridized carbons (Fsp3) is 0.364. The first-order valence-corrected chi connectivity index (χ1v) is 12.3. The lowest BCUT2D eigenvalue weighted by Crippen LogP contribution is -2.40. The zero-order chi connectivity index (χ0) is 23.6. The number of halogens is 1. The topological polar surface area (TPSA) is 105 Å². The van der Waals surface area contributed by atoms with Crippen molar-refractivity contribution in [2.75, 3.05) is 50.2 Å². The van der Waals surface area contributed by atoms with Gasteiger partial charge in [0, 0.05) is 37.3 Å². The number of hydrogen-bond donors (Lipinski definition) is 1. The predicted molar refractivity (Wildman–Crippen MR) is 124 cm³/mol. The number of rotatable bonds is 6. The Morgan fingerprint density at radius 1 is 1.12 bits per heavy atom. The first-order valence-electron chi connectivity index (χ1n) is 10.5. The monoisotopic (exact) mass is 493 g/mol. The number of nitrogens with zero attached hydrogens (tertiary/aromatic N) is 2. The molecule has 4 rings (SSSR count). The number of ether oxygens (including phenoxy) is 2. The van der Waals surface area contributed by atoms with Gasteiger partial charge >= 0.3 is 0 Å². The first kappa shape index (κ1) is 23.5. The van der Waals surface area contributed by atoms with E-state index in [1.807, 2.05) is 0 Å². The second kappa shape index (κ2) is 9.68. The number of nitrogens with one attached hydrogen (secondary N) is 1. The normalized spacial score (nSPS) is 17.3. The Morgan fingerprint density at radius 3 is 2.55 bits per heavy atom. The summed E-state index contributed by atoms with van der Waals surface area (Å²) in [5, 5.41) is 3.10. The second-order valence-electron chi connectivity index (χ2n) is 7.65. The number of hydrogen-bond acceptors (Lipinski definition) is 6. The van der Waals surface area contributed by atoms with Gasteiger partial charge in [-0.25, -0.2) is 8.42 Å². The lowest BCUT2D eigenvalue weighted by atomic mass is 10.1. The van der Waals surface area contributed by atoms with Gasteiger partial charge in [0.05, 0.1) is 31.0 Å². The van der Waals surface area contributed by atoms with Crippen molar-refractivity contribution in [1.29, 1.82) is 0 Å². The van der Waals surface area contributed by atoms with E-state index in [-0.39, 0.29) is 29.6 Å². The average Bonchev–Trinajstić information content (AvgIpc) is 3.25. The van der Waals surface area contributed by atoms with Gasteiger partial charge in [-0.1, -0.05) is 11.6 Å². The fourth-order valence-corrected chi connectivity index (χ4v) is 5.66. The molecular weight excluding hydrogens is 470 g/mol. The molecule has 0 radical (unpaired) electrons. The molecular formula is C22H24ClN3O6S. The van der Waals surface area contributed by atoms with Crippen molar-refractivity contribution < 1.29 is 27.5 Å². The van der Waals surface area contributed by atoms with Gasteiger partial charge in [-0.15, -0.1) is 0 Å². The van der Waals surface area contributed by atoms with Crippen LogP contribution < -0.4 is 15.0 Å². The Morgan fingerprint density at radius 2 is 1.88 bits per heavy atom. The standard InChI is InChI=1S/C22H24ClN3O6S/c1-31-19-7-5-16(14-20(19)33(29,30)25-9-11-32-12-10-25)24-22(28)15-4-6-17(23)18(13-15)26-8-2-3-21(26)27/h4-7,13-14H,2-3,8-12H2,1H3,(H,24,28). The molecule has 2 aliphatic heterocycles. The number of amides is 2. The zero-order valence-corrected chi connectivity index (χ0v) is 19.6. The number of benzene rings is 2. The highest BCUT2D eigenvalue weighted by Crippen LogP contribution is 2.32. The maximum atomic E-state index is 13.2. The summed E-state index contributed by atoms with van der Waals surface area (Å²) in [6, 6.07) is 9.13. The molecule has 2 aromatic rings. The lowest BCUT2D eigenvalue weighted by Gasteiger charge is -2.26. The number of sulfonamides is 1. The number of methoxy groups -OCH3 is 1. The number of carbonyl (C=O) groups excluding carboxylic acids is 2. The van der Waals surface area contributed by atoms with Gasteiger partial charge in [0.25, 0.3) is 5.91 Å². The molecule has 0 bridgehead atoms. The molecule has 0 aromatic heterocycles. The van der Waals surface area contributed by atoms with Gasteiger partial charge in [-0.3, -0.25) is 9.59 Å². The van der Waals surface area contributed by atoms with Crippen molar-refractivity contribution >= 4 is 44.8 Å². The average molecular weight is 494 g/mol. The van der Waals surface area contributed by atoms with E-state index >= 15 is 0 Å². The quantitative estimate of drug-likeness (QED) is 0.663. The van der Waals surface area contributed by atoms with Gasteiger partial charge in [0.2, 0.25) is 15.9 Å². The molecule has 2 aliphatic rings. The van der Waals surface area contributed by atoms with Crippen molar-refractivity contribution in [3.05, 3.63) is 47.0 Å². The van der Waals surface area contributed by atoms with Gasteiger partial charge in [0.15, 0.2) is 0 Å². The van der Waals surface area contributed by atoms with Crippen LogP contribution in [0.4, 0.5) is 11.4 Å². The highest BCUT2D eigenvalue weighted by atomic mass is 35.5. The summed E-state index contributed by atoms with van der Waals surface area (Å²) < 4.78 is 38.2. The predicted octanol–water partition coefficient (Wildman–Crippen LogP) is 2.75. The minimum Gasteiger partial charge on any atom is -0.495 e.